The lowest BCUT2D eigenvalue weighted by molar-refractivity contribution is -0.120. The minimum absolute atomic E-state index is 0.00170. The van der Waals surface area contributed by atoms with Crippen LogP contribution in [0.5, 0.6) is 5.75 Å². The molecule has 76 valence electrons. The van der Waals surface area contributed by atoms with Gasteiger partial charge in [-0.15, -0.1) is 0 Å². The zero-order valence-electron chi connectivity index (χ0n) is 8.15. The maximum Gasteiger partial charge on any atom is 0.264 e. The van der Waals surface area contributed by atoms with Crippen molar-refractivity contribution in [2.75, 3.05) is 24.3 Å². The fourth-order valence-electron chi connectivity index (χ4n) is 1.52. The standard InChI is InChI=1S/C10H9N3O2/c1-13-9(14)5-15-8-3-2-7(12)6(4-11)10(8)13/h2-3H,5,12H2,1H3. The molecule has 1 heterocycles. The van der Waals surface area contributed by atoms with Crippen LogP contribution in [0.4, 0.5) is 11.4 Å². The average molecular weight is 203 g/mol. The van der Waals surface area contributed by atoms with Crippen LogP contribution in [-0.2, 0) is 4.79 Å². The zero-order chi connectivity index (χ0) is 11.0. The maximum absolute atomic E-state index is 11.4. The number of carbonyl (C=O) groups is 1. The largest absolute Gasteiger partial charge is 0.482 e. The lowest BCUT2D eigenvalue weighted by atomic mass is 10.1. The van der Waals surface area contributed by atoms with Crippen LogP contribution in [0, 0.1) is 11.3 Å². The molecule has 1 amide bonds. The Morgan fingerprint density at radius 3 is 3.00 bits per heavy atom. The van der Waals surface area contributed by atoms with Crippen LogP contribution in [-0.4, -0.2) is 19.6 Å². The van der Waals surface area contributed by atoms with Crippen molar-refractivity contribution in [2.45, 2.75) is 0 Å². The third-order valence-corrected chi connectivity index (χ3v) is 2.35. The van der Waals surface area contributed by atoms with Gasteiger partial charge in [-0.05, 0) is 12.1 Å². The average Bonchev–Trinajstić information content (AvgIpc) is 2.24. The molecule has 0 saturated heterocycles. The molecule has 0 atom stereocenters. The molecule has 0 bridgehead atoms. The van der Waals surface area contributed by atoms with Crippen LogP contribution in [0.1, 0.15) is 5.56 Å². The van der Waals surface area contributed by atoms with E-state index in [1.807, 2.05) is 6.07 Å². The molecule has 1 aliphatic heterocycles. The molecule has 0 aromatic heterocycles. The van der Waals surface area contributed by atoms with Crippen molar-refractivity contribution in [2.24, 2.45) is 0 Å². The van der Waals surface area contributed by atoms with Crippen LogP contribution in [0.25, 0.3) is 0 Å². The Morgan fingerprint density at radius 2 is 2.33 bits per heavy atom. The highest BCUT2D eigenvalue weighted by Gasteiger charge is 2.26. The summed E-state index contributed by atoms with van der Waals surface area (Å²) in [7, 11) is 1.60. The number of hydrogen-bond acceptors (Lipinski definition) is 4. The first-order valence-electron chi connectivity index (χ1n) is 4.37. The predicted octanol–water partition coefficient (Wildman–Crippen LogP) is 0.496. The van der Waals surface area contributed by atoms with Crippen molar-refractivity contribution >= 4 is 17.3 Å². The number of nitrogens with two attached hydrogens (primary N) is 1. The normalized spacial score (nSPS) is 14.1. The lowest BCUT2D eigenvalue weighted by Crippen LogP contribution is -2.36. The summed E-state index contributed by atoms with van der Waals surface area (Å²) in [6.07, 6.45) is 0. The van der Waals surface area contributed by atoms with E-state index in [0.29, 0.717) is 17.1 Å². The molecule has 5 heteroatoms. The second-order valence-corrected chi connectivity index (χ2v) is 3.23. The predicted molar refractivity (Wildman–Crippen MR) is 54.5 cm³/mol. The number of nitriles is 1. The zero-order valence-corrected chi connectivity index (χ0v) is 8.15. The molecule has 2 N–H and O–H groups in total. The molecular weight excluding hydrogens is 194 g/mol. The monoisotopic (exact) mass is 203 g/mol. The molecule has 0 radical (unpaired) electrons. The Bertz CT molecular complexity index is 476. The topological polar surface area (TPSA) is 79.3 Å². The first-order chi connectivity index (χ1) is 7.15. The Kier molecular flexibility index (Phi) is 1.97. The first-order valence-corrected chi connectivity index (χ1v) is 4.37. The number of benzene rings is 1. The highest BCUT2D eigenvalue weighted by molar-refractivity contribution is 6.00. The van der Waals surface area contributed by atoms with Gasteiger partial charge in [0, 0.05) is 7.05 Å². The molecule has 1 aromatic carbocycles. The van der Waals surface area contributed by atoms with E-state index in [9.17, 15) is 4.79 Å². The van der Waals surface area contributed by atoms with Crippen LogP contribution in [0.2, 0.25) is 0 Å². The summed E-state index contributed by atoms with van der Waals surface area (Å²) < 4.78 is 5.21. The summed E-state index contributed by atoms with van der Waals surface area (Å²) in [6, 6.07) is 5.23. The number of nitrogen functional groups attached to an aromatic ring is 1. The van der Waals surface area contributed by atoms with E-state index in [1.54, 1.807) is 19.2 Å². The van der Waals surface area contributed by atoms with Gasteiger partial charge in [0.15, 0.2) is 6.61 Å². The second kappa shape index (κ2) is 3.17. The summed E-state index contributed by atoms with van der Waals surface area (Å²) >= 11 is 0. The fourth-order valence-corrected chi connectivity index (χ4v) is 1.52. The Hall–Kier alpha value is -2.22. The first kappa shape index (κ1) is 9.34. The van der Waals surface area contributed by atoms with Gasteiger partial charge in [0.1, 0.15) is 23.1 Å². The number of hydrogen-bond donors (Lipinski definition) is 1. The van der Waals surface area contributed by atoms with Gasteiger partial charge in [0.05, 0.1) is 5.69 Å². The number of likely N-dealkylation sites (N-methyl/N-ethyl adjacent to an activating group) is 1. The van der Waals surface area contributed by atoms with E-state index in [2.05, 4.69) is 0 Å². The van der Waals surface area contributed by atoms with E-state index in [-0.39, 0.29) is 18.1 Å². The molecule has 0 unspecified atom stereocenters. The SMILES string of the molecule is CN1C(=O)COc2ccc(N)c(C#N)c21. The van der Waals surface area contributed by atoms with Crippen LogP contribution >= 0.6 is 0 Å². The van der Waals surface area contributed by atoms with E-state index >= 15 is 0 Å². The summed E-state index contributed by atoms with van der Waals surface area (Å²) in [5, 5.41) is 8.95. The number of ether oxygens (including phenoxy) is 1. The lowest BCUT2D eigenvalue weighted by Gasteiger charge is -2.27. The third kappa shape index (κ3) is 1.27. The number of anilines is 2. The van der Waals surface area contributed by atoms with Gasteiger partial charge in [-0.1, -0.05) is 0 Å². The Labute approximate surface area is 86.7 Å². The molecule has 2 rings (SSSR count). The van der Waals surface area contributed by atoms with Crippen molar-refractivity contribution < 1.29 is 9.53 Å². The molecular formula is C10H9N3O2. The van der Waals surface area contributed by atoms with Crippen molar-refractivity contribution in [1.82, 2.24) is 0 Å². The highest BCUT2D eigenvalue weighted by atomic mass is 16.5. The fraction of sp³-hybridized carbons (Fsp3) is 0.200. The molecule has 0 spiro atoms. The highest BCUT2D eigenvalue weighted by Crippen LogP contribution is 2.37. The molecule has 15 heavy (non-hydrogen) atoms. The van der Waals surface area contributed by atoms with Crippen LogP contribution in [0.15, 0.2) is 12.1 Å². The van der Waals surface area contributed by atoms with E-state index < -0.39 is 0 Å². The van der Waals surface area contributed by atoms with Crippen molar-refractivity contribution in [1.29, 1.82) is 5.26 Å². The number of rotatable bonds is 0. The van der Waals surface area contributed by atoms with Crippen molar-refractivity contribution in [3.05, 3.63) is 17.7 Å². The van der Waals surface area contributed by atoms with E-state index in [0.717, 1.165) is 0 Å². The van der Waals surface area contributed by atoms with Gasteiger partial charge >= 0.3 is 0 Å². The molecule has 5 nitrogen and oxygen atoms in total. The summed E-state index contributed by atoms with van der Waals surface area (Å²) in [4.78, 5) is 12.8. The Morgan fingerprint density at radius 1 is 1.60 bits per heavy atom. The number of nitrogens with zero attached hydrogens (tertiary/aromatic N) is 2. The van der Waals surface area contributed by atoms with Gasteiger partial charge < -0.3 is 15.4 Å². The van der Waals surface area contributed by atoms with Crippen LogP contribution < -0.4 is 15.4 Å². The quantitative estimate of drug-likeness (QED) is 0.622. The molecule has 1 aliphatic rings. The molecule has 1 aromatic rings. The number of fused-ring (bicyclic) bond motifs is 1. The summed E-state index contributed by atoms with van der Waals surface area (Å²) in [6.45, 7) is -0.00170. The molecule has 0 fully saturated rings. The Balaban J connectivity index is 2.69. The molecule has 0 aliphatic carbocycles. The van der Waals surface area contributed by atoms with Gasteiger partial charge in [-0.3, -0.25) is 4.79 Å². The number of carbonyl (C=O) groups excluding carboxylic acids is 1. The minimum Gasteiger partial charge on any atom is -0.482 e. The summed E-state index contributed by atoms with van der Waals surface area (Å²) in [5.41, 5.74) is 6.73. The van der Waals surface area contributed by atoms with Crippen molar-refractivity contribution in [3.8, 4) is 11.8 Å². The van der Waals surface area contributed by atoms with Gasteiger partial charge in [0.25, 0.3) is 5.91 Å². The number of amides is 1. The third-order valence-electron chi connectivity index (χ3n) is 2.35. The summed E-state index contributed by atoms with van der Waals surface area (Å²) in [5.74, 6) is 0.326. The van der Waals surface area contributed by atoms with Crippen molar-refractivity contribution in [3.63, 3.8) is 0 Å². The van der Waals surface area contributed by atoms with E-state index in [4.69, 9.17) is 15.7 Å². The smallest absolute Gasteiger partial charge is 0.264 e. The molecule has 0 saturated carbocycles. The van der Waals surface area contributed by atoms with Gasteiger partial charge in [-0.2, -0.15) is 5.26 Å². The maximum atomic E-state index is 11.4. The van der Waals surface area contributed by atoms with Crippen LogP contribution in [0.3, 0.4) is 0 Å². The van der Waals surface area contributed by atoms with E-state index in [1.165, 1.54) is 4.90 Å². The minimum atomic E-state index is -0.190. The van der Waals surface area contributed by atoms with Gasteiger partial charge in [-0.25, -0.2) is 0 Å². The second-order valence-electron chi connectivity index (χ2n) is 3.23. The van der Waals surface area contributed by atoms with Gasteiger partial charge in [0.2, 0.25) is 0 Å².